The fourth-order valence-electron chi connectivity index (χ4n) is 4.47. The molecule has 3 saturated heterocycles. The number of benzene rings is 1. The summed E-state index contributed by atoms with van der Waals surface area (Å²) in [7, 11) is 0. The Morgan fingerprint density at radius 1 is 1.33 bits per heavy atom. The standard InChI is InChI=1S/C19H25ClN2O2/c20-14-5-3-4-13(10-14)17(22-8-1-2-9-22)12-21-19(23)16-11-15-6-7-18(16)24-15/h3-5,10,15-18H,1-2,6-9,11-12H2,(H,21,23)/t15-,16+,17-,18-/m1/s1. The molecule has 4 atom stereocenters. The predicted molar refractivity (Wildman–Crippen MR) is 94.0 cm³/mol. The molecule has 2 bridgehead atoms. The van der Waals surface area contributed by atoms with E-state index in [1.165, 1.54) is 18.4 Å². The number of carbonyl (C=O) groups excluding carboxylic acids is 1. The first-order valence-electron chi connectivity index (χ1n) is 9.13. The van der Waals surface area contributed by atoms with Crippen LogP contribution in [0.4, 0.5) is 0 Å². The first kappa shape index (κ1) is 16.4. The van der Waals surface area contributed by atoms with Crippen molar-refractivity contribution in [2.45, 2.75) is 50.4 Å². The summed E-state index contributed by atoms with van der Waals surface area (Å²) >= 11 is 6.18. The Kier molecular flexibility index (Phi) is 4.79. The van der Waals surface area contributed by atoms with Crippen LogP contribution in [0.1, 0.15) is 43.7 Å². The van der Waals surface area contributed by atoms with Crippen LogP contribution < -0.4 is 5.32 Å². The highest BCUT2D eigenvalue weighted by atomic mass is 35.5. The van der Waals surface area contributed by atoms with E-state index in [4.69, 9.17) is 16.3 Å². The number of halogens is 1. The first-order chi connectivity index (χ1) is 11.7. The van der Waals surface area contributed by atoms with Crippen molar-refractivity contribution < 1.29 is 9.53 Å². The Morgan fingerprint density at radius 2 is 2.17 bits per heavy atom. The number of carbonyl (C=O) groups is 1. The van der Waals surface area contributed by atoms with Crippen LogP contribution in [-0.4, -0.2) is 42.6 Å². The number of nitrogens with one attached hydrogen (secondary N) is 1. The molecule has 0 unspecified atom stereocenters. The van der Waals surface area contributed by atoms with Crippen molar-refractivity contribution in [2.24, 2.45) is 5.92 Å². The molecule has 1 amide bonds. The lowest BCUT2D eigenvalue weighted by Gasteiger charge is -2.29. The van der Waals surface area contributed by atoms with Crippen molar-refractivity contribution in [3.63, 3.8) is 0 Å². The number of fused-ring (bicyclic) bond motifs is 2. The van der Waals surface area contributed by atoms with Gasteiger partial charge in [0.15, 0.2) is 0 Å². The Balaban J connectivity index is 1.43. The largest absolute Gasteiger partial charge is 0.374 e. The zero-order valence-electron chi connectivity index (χ0n) is 13.9. The van der Waals surface area contributed by atoms with Gasteiger partial charge in [0, 0.05) is 11.6 Å². The van der Waals surface area contributed by atoms with Crippen molar-refractivity contribution >= 4 is 17.5 Å². The van der Waals surface area contributed by atoms with Gasteiger partial charge in [-0.25, -0.2) is 0 Å². The average molecular weight is 349 g/mol. The van der Waals surface area contributed by atoms with E-state index >= 15 is 0 Å². The van der Waals surface area contributed by atoms with Crippen molar-refractivity contribution in [1.29, 1.82) is 0 Å². The summed E-state index contributed by atoms with van der Waals surface area (Å²) < 4.78 is 5.82. The van der Waals surface area contributed by atoms with Gasteiger partial charge in [-0.3, -0.25) is 9.69 Å². The van der Waals surface area contributed by atoms with Gasteiger partial charge in [0.1, 0.15) is 0 Å². The molecule has 1 aromatic carbocycles. The van der Waals surface area contributed by atoms with Gasteiger partial charge in [0.2, 0.25) is 5.91 Å². The molecule has 0 saturated carbocycles. The summed E-state index contributed by atoms with van der Waals surface area (Å²) in [6.45, 7) is 2.82. The lowest BCUT2D eigenvalue weighted by Crippen LogP contribution is -2.41. The van der Waals surface area contributed by atoms with Gasteiger partial charge < -0.3 is 10.1 Å². The summed E-state index contributed by atoms with van der Waals surface area (Å²) in [5, 5.41) is 3.95. The van der Waals surface area contributed by atoms with Gasteiger partial charge >= 0.3 is 0 Å². The number of likely N-dealkylation sites (tertiary alicyclic amines) is 1. The molecule has 130 valence electrons. The van der Waals surface area contributed by atoms with E-state index in [-0.39, 0.29) is 24.0 Å². The second-order valence-corrected chi connectivity index (χ2v) is 7.71. The SMILES string of the molecule is O=C(NC[C@H](c1cccc(Cl)c1)N1CCCC1)[C@H]1C[C@H]2CC[C@H]1O2. The molecule has 3 fully saturated rings. The van der Waals surface area contributed by atoms with Crippen LogP contribution in [0.3, 0.4) is 0 Å². The molecule has 3 heterocycles. The van der Waals surface area contributed by atoms with Gasteiger partial charge in [-0.15, -0.1) is 0 Å². The van der Waals surface area contributed by atoms with Crippen molar-refractivity contribution in [3.8, 4) is 0 Å². The molecule has 3 aliphatic heterocycles. The summed E-state index contributed by atoms with van der Waals surface area (Å²) in [5.41, 5.74) is 1.19. The van der Waals surface area contributed by atoms with Crippen LogP contribution in [0.25, 0.3) is 0 Å². The Morgan fingerprint density at radius 3 is 2.83 bits per heavy atom. The van der Waals surface area contributed by atoms with Crippen LogP contribution in [0.15, 0.2) is 24.3 Å². The Hall–Kier alpha value is -1.10. The third-order valence-electron chi connectivity index (χ3n) is 5.73. The van der Waals surface area contributed by atoms with E-state index in [0.717, 1.165) is 37.4 Å². The fourth-order valence-corrected chi connectivity index (χ4v) is 4.67. The second kappa shape index (κ2) is 7.03. The molecule has 0 aromatic heterocycles. The van der Waals surface area contributed by atoms with Gasteiger partial charge in [-0.05, 0) is 62.9 Å². The van der Waals surface area contributed by atoms with Crippen LogP contribution >= 0.6 is 11.6 Å². The average Bonchev–Trinajstić information content (AvgIpc) is 3.33. The summed E-state index contributed by atoms with van der Waals surface area (Å²) in [6, 6.07) is 8.23. The Bertz CT molecular complexity index is 603. The summed E-state index contributed by atoms with van der Waals surface area (Å²) in [4.78, 5) is 15.1. The molecule has 0 aliphatic carbocycles. The number of amides is 1. The zero-order chi connectivity index (χ0) is 16.5. The third-order valence-corrected chi connectivity index (χ3v) is 5.96. The zero-order valence-corrected chi connectivity index (χ0v) is 14.7. The maximum atomic E-state index is 12.6. The first-order valence-corrected chi connectivity index (χ1v) is 9.51. The molecule has 4 nitrogen and oxygen atoms in total. The highest BCUT2D eigenvalue weighted by molar-refractivity contribution is 6.30. The second-order valence-electron chi connectivity index (χ2n) is 7.28. The minimum atomic E-state index is 0.0438. The number of hydrogen-bond donors (Lipinski definition) is 1. The maximum Gasteiger partial charge on any atom is 0.225 e. The molecular formula is C19H25ClN2O2. The monoisotopic (exact) mass is 348 g/mol. The van der Waals surface area contributed by atoms with Crippen LogP contribution in [-0.2, 0) is 9.53 Å². The maximum absolute atomic E-state index is 12.6. The molecule has 1 aromatic rings. The summed E-state index contributed by atoms with van der Waals surface area (Å²) in [6.07, 6.45) is 5.96. The topological polar surface area (TPSA) is 41.6 Å². The fraction of sp³-hybridized carbons (Fsp3) is 0.632. The van der Waals surface area contributed by atoms with E-state index in [2.05, 4.69) is 16.3 Å². The molecule has 5 heteroatoms. The third kappa shape index (κ3) is 3.32. The highest BCUT2D eigenvalue weighted by Gasteiger charge is 2.44. The number of rotatable bonds is 5. The molecule has 4 rings (SSSR count). The minimum absolute atomic E-state index is 0.0438. The number of nitrogens with zero attached hydrogens (tertiary/aromatic N) is 1. The lowest BCUT2D eigenvalue weighted by atomic mass is 9.88. The van der Waals surface area contributed by atoms with Gasteiger partial charge in [-0.2, -0.15) is 0 Å². The van der Waals surface area contributed by atoms with Gasteiger partial charge in [0.25, 0.3) is 0 Å². The highest BCUT2D eigenvalue weighted by Crippen LogP contribution is 2.39. The van der Waals surface area contributed by atoms with E-state index in [1.54, 1.807) is 0 Å². The van der Waals surface area contributed by atoms with E-state index in [0.29, 0.717) is 12.6 Å². The van der Waals surface area contributed by atoms with Crippen molar-refractivity contribution in [3.05, 3.63) is 34.9 Å². The number of hydrogen-bond acceptors (Lipinski definition) is 3. The molecule has 3 aliphatic rings. The van der Waals surface area contributed by atoms with Crippen LogP contribution in [0.5, 0.6) is 0 Å². The molecule has 1 N–H and O–H groups in total. The smallest absolute Gasteiger partial charge is 0.225 e. The van der Waals surface area contributed by atoms with Gasteiger partial charge in [-0.1, -0.05) is 23.7 Å². The Labute approximate surface area is 148 Å². The van der Waals surface area contributed by atoms with E-state index in [1.807, 2.05) is 18.2 Å². The summed E-state index contributed by atoms with van der Waals surface area (Å²) in [5.74, 6) is 0.204. The quantitative estimate of drug-likeness (QED) is 0.888. The van der Waals surface area contributed by atoms with Crippen molar-refractivity contribution in [1.82, 2.24) is 10.2 Å². The van der Waals surface area contributed by atoms with Crippen LogP contribution in [0.2, 0.25) is 5.02 Å². The predicted octanol–water partition coefficient (Wildman–Crippen LogP) is 3.16. The van der Waals surface area contributed by atoms with Crippen LogP contribution in [0, 0.1) is 5.92 Å². The van der Waals surface area contributed by atoms with Crippen molar-refractivity contribution in [2.75, 3.05) is 19.6 Å². The number of ether oxygens (including phenoxy) is 1. The molecule has 0 spiro atoms. The van der Waals surface area contributed by atoms with Gasteiger partial charge in [0.05, 0.1) is 24.2 Å². The molecule has 24 heavy (non-hydrogen) atoms. The molecule has 0 radical (unpaired) electrons. The van der Waals surface area contributed by atoms with E-state index < -0.39 is 0 Å². The normalized spacial score (nSPS) is 30.6. The van der Waals surface area contributed by atoms with E-state index in [9.17, 15) is 4.79 Å². The lowest BCUT2D eigenvalue weighted by molar-refractivity contribution is -0.126. The molecular weight excluding hydrogens is 324 g/mol. The minimum Gasteiger partial charge on any atom is -0.374 e.